The van der Waals surface area contributed by atoms with Gasteiger partial charge in [0.05, 0.1) is 5.56 Å². The average Bonchev–Trinajstić information content (AvgIpc) is 2.28. The number of hydrogen-bond donors (Lipinski definition) is 1. The molecule has 0 amide bonds. The first-order chi connectivity index (χ1) is 8.00. The van der Waals surface area contributed by atoms with Crippen LogP contribution in [0.25, 0.3) is 11.1 Å². The first-order valence-electron chi connectivity index (χ1n) is 4.79. The highest BCUT2D eigenvalue weighted by Gasteiger charge is 2.34. The zero-order valence-electron chi connectivity index (χ0n) is 8.57. The zero-order valence-corrected chi connectivity index (χ0v) is 9.46. The maximum atomic E-state index is 12.9. The highest BCUT2D eigenvalue weighted by atomic mass is 32.1. The summed E-state index contributed by atoms with van der Waals surface area (Å²) >= 11 is 4.08. The summed E-state index contributed by atoms with van der Waals surface area (Å²) < 4.78 is 38.6. The summed E-state index contributed by atoms with van der Waals surface area (Å²) in [6.07, 6.45) is -1.49. The Hall–Kier alpha value is -1.49. The number of benzene rings is 1. The van der Waals surface area contributed by atoms with Crippen molar-refractivity contribution in [3.05, 3.63) is 48.3 Å². The van der Waals surface area contributed by atoms with E-state index in [1.165, 1.54) is 24.5 Å². The molecule has 0 bridgehead atoms. The first-order valence-corrected chi connectivity index (χ1v) is 5.24. The van der Waals surface area contributed by atoms with Crippen LogP contribution in [0.5, 0.6) is 0 Å². The Labute approximate surface area is 102 Å². The standard InChI is InChI=1S/C12H8F3NS/c13-12(14,15)9-4-1-5-10(17)11(9)8-3-2-6-16-7-8/h1-7,17H. The SMILES string of the molecule is FC(F)(F)c1cccc(S)c1-c1cccnc1. The molecule has 88 valence electrons. The van der Waals surface area contributed by atoms with Crippen LogP contribution in [0.15, 0.2) is 47.6 Å². The number of pyridine rings is 1. The Morgan fingerprint density at radius 1 is 1.06 bits per heavy atom. The minimum Gasteiger partial charge on any atom is -0.264 e. The van der Waals surface area contributed by atoms with Crippen molar-refractivity contribution < 1.29 is 13.2 Å². The number of nitrogens with zero attached hydrogens (tertiary/aromatic N) is 1. The van der Waals surface area contributed by atoms with Crippen LogP contribution in [-0.4, -0.2) is 4.98 Å². The van der Waals surface area contributed by atoms with Crippen molar-refractivity contribution in [2.75, 3.05) is 0 Å². The molecule has 2 aromatic rings. The second-order valence-electron chi connectivity index (χ2n) is 3.44. The van der Waals surface area contributed by atoms with E-state index in [1.54, 1.807) is 12.1 Å². The molecule has 0 atom stereocenters. The third-order valence-corrected chi connectivity index (χ3v) is 2.67. The smallest absolute Gasteiger partial charge is 0.264 e. The molecule has 1 aromatic carbocycles. The fourth-order valence-electron chi connectivity index (χ4n) is 1.59. The lowest BCUT2D eigenvalue weighted by atomic mass is 10.0. The number of halogens is 3. The molecule has 0 aliphatic rings. The molecule has 17 heavy (non-hydrogen) atoms. The lowest BCUT2D eigenvalue weighted by Gasteiger charge is -2.14. The summed E-state index contributed by atoms with van der Waals surface area (Å²) in [4.78, 5) is 4.11. The van der Waals surface area contributed by atoms with Crippen LogP contribution in [0.2, 0.25) is 0 Å². The quantitative estimate of drug-likeness (QED) is 0.758. The van der Waals surface area contributed by atoms with E-state index in [9.17, 15) is 13.2 Å². The Balaban J connectivity index is 2.69. The van der Waals surface area contributed by atoms with Crippen LogP contribution in [0.1, 0.15) is 5.56 Å². The summed E-state index contributed by atoms with van der Waals surface area (Å²) in [7, 11) is 0. The van der Waals surface area contributed by atoms with Crippen molar-refractivity contribution in [1.29, 1.82) is 0 Å². The summed E-state index contributed by atoms with van der Waals surface area (Å²) in [6, 6.07) is 7.08. The Morgan fingerprint density at radius 2 is 1.82 bits per heavy atom. The average molecular weight is 255 g/mol. The van der Waals surface area contributed by atoms with Gasteiger partial charge in [0.2, 0.25) is 0 Å². The first kappa shape index (κ1) is 12.0. The molecule has 2 rings (SSSR count). The number of thiol groups is 1. The van der Waals surface area contributed by atoms with Crippen molar-refractivity contribution in [3.63, 3.8) is 0 Å². The lowest BCUT2D eigenvalue weighted by Crippen LogP contribution is -2.07. The van der Waals surface area contributed by atoms with Crippen molar-refractivity contribution in [1.82, 2.24) is 4.98 Å². The molecule has 0 saturated heterocycles. The van der Waals surface area contributed by atoms with E-state index in [0.717, 1.165) is 6.07 Å². The molecular formula is C12H8F3NS. The van der Waals surface area contributed by atoms with Crippen LogP contribution in [0.3, 0.4) is 0 Å². The fourth-order valence-corrected chi connectivity index (χ4v) is 1.93. The van der Waals surface area contributed by atoms with Gasteiger partial charge in [-0.2, -0.15) is 13.2 Å². The molecule has 1 heterocycles. The van der Waals surface area contributed by atoms with Gasteiger partial charge in [-0.25, -0.2) is 0 Å². The molecule has 0 fully saturated rings. The summed E-state index contributed by atoms with van der Waals surface area (Å²) in [5, 5.41) is 0. The highest BCUT2D eigenvalue weighted by molar-refractivity contribution is 7.80. The van der Waals surface area contributed by atoms with E-state index in [1.807, 2.05) is 0 Å². The summed E-state index contributed by atoms with van der Waals surface area (Å²) in [5.41, 5.74) is -0.222. The molecule has 5 heteroatoms. The largest absolute Gasteiger partial charge is 0.417 e. The number of hydrogen-bond acceptors (Lipinski definition) is 2. The van der Waals surface area contributed by atoms with E-state index in [2.05, 4.69) is 17.6 Å². The van der Waals surface area contributed by atoms with Crippen LogP contribution in [-0.2, 0) is 6.18 Å². The molecule has 0 N–H and O–H groups in total. The van der Waals surface area contributed by atoms with Gasteiger partial charge in [0.15, 0.2) is 0 Å². The Morgan fingerprint density at radius 3 is 2.41 bits per heavy atom. The van der Waals surface area contributed by atoms with Gasteiger partial charge in [0.25, 0.3) is 0 Å². The predicted octanol–water partition coefficient (Wildman–Crippen LogP) is 4.06. The fraction of sp³-hybridized carbons (Fsp3) is 0.0833. The number of rotatable bonds is 1. The number of aromatic nitrogens is 1. The van der Waals surface area contributed by atoms with E-state index in [-0.39, 0.29) is 10.5 Å². The van der Waals surface area contributed by atoms with E-state index in [0.29, 0.717) is 5.56 Å². The third kappa shape index (κ3) is 2.44. The van der Waals surface area contributed by atoms with E-state index >= 15 is 0 Å². The Kier molecular flexibility index (Phi) is 3.11. The molecular weight excluding hydrogens is 247 g/mol. The van der Waals surface area contributed by atoms with Gasteiger partial charge < -0.3 is 0 Å². The van der Waals surface area contributed by atoms with Gasteiger partial charge in [0.1, 0.15) is 0 Å². The summed E-state index contributed by atoms with van der Waals surface area (Å²) in [5.74, 6) is 0. The zero-order chi connectivity index (χ0) is 12.5. The van der Waals surface area contributed by atoms with Crippen molar-refractivity contribution in [2.45, 2.75) is 11.1 Å². The second-order valence-corrected chi connectivity index (χ2v) is 3.92. The molecule has 0 saturated carbocycles. The summed E-state index contributed by atoms with van der Waals surface area (Å²) in [6.45, 7) is 0. The van der Waals surface area contributed by atoms with E-state index in [4.69, 9.17) is 0 Å². The Bertz CT molecular complexity index is 523. The molecule has 0 radical (unpaired) electrons. The maximum absolute atomic E-state index is 12.9. The number of alkyl halides is 3. The van der Waals surface area contributed by atoms with Crippen LogP contribution in [0, 0.1) is 0 Å². The van der Waals surface area contributed by atoms with Crippen molar-refractivity contribution in [2.24, 2.45) is 0 Å². The van der Waals surface area contributed by atoms with E-state index < -0.39 is 11.7 Å². The van der Waals surface area contributed by atoms with Crippen LogP contribution >= 0.6 is 12.6 Å². The molecule has 1 nitrogen and oxygen atoms in total. The van der Waals surface area contributed by atoms with Crippen molar-refractivity contribution in [3.8, 4) is 11.1 Å². The van der Waals surface area contributed by atoms with Crippen LogP contribution < -0.4 is 0 Å². The predicted molar refractivity (Wildman–Crippen MR) is 61.9 cm³/mol. The van der Waals surface area contributed by atoms with Crippen LogP contribution in [0.4, 0.5) is 13.2 Å². The van der Waals surface area contributed by atoms with Gasteiger partial charge in [-0.15, -0.1) is 12.6 Å². The normalized spacial score (nSPS) is 11.5. The molecule has 0 aliphatic heterocycles. The topological polar surface area (TPSA) is 12.9 Å². The van der Waals surface area contributed by atoms with Gasteiger partial charge in [0, 0.05) is 28.4 Å². The van der Waals surface area contributed by atoms with Gasteiger partial charge in [-0.05, 0) is 18.2 Å². The minimum atomic E-state index is -4.40. The van der Waals surface area contributed by atoms with Gasteiger partial charge in [-0.1, -0.05) is 12.1 Å². The molecule has 0 aliphatic carbocycles. The molecule has 1 aromatic heterocycles. The van der Waals surface area contributed by atoms with Gasteiger partial charge in [-0.3, -0.25) is 4.98 Å². The molecule has 0 unspecified atom stereocenters. The minimum absolute atomic E-state index is 0.0661. The lowest BCUT2D eigenvalue weighted by molar-refractivity contribution is -0.137. The maximum Gasteiger partial charge on any atom is 0.417 e. The highest BCUT2D eigenvalue weighted by Crippen LogP contribution is 2.39. The van der Waals surface area contributed by atoms with Crippen molar-refractivity contribution >= 4 is 12.6 Å². The third-order valence-electron chi connectivity index (χ3n) is 2.30. The second kappa shape index (κ2) is 4.41. The monoisotopic (exact) mass is 255 g/mol. The molecule has 0 spiro atoms. The van der Waals surface area contributed by atoms with Gasteiger partial charge >= 0.3 is 6.18 Å².